The van der Waals surface area contributed by atoms with Crippen LogP contribution in [0.25, 0.3) is 0 Å². The van der Waals surface area contributed by atoms with Crippen LogP contribution in [0.15, 0.2) is 60.0 Å². The van der Waals surface area contributed by atoms with Crippen LogP contribution >= 0.6 is 23.3 Å². The van der Waals surface area contributed by atoms with Gasteiger partial charge in [-0.15, -0.1) is 11.3 Å². The number of carbonyl (C=O) groups is 2. The van der Waals surface area contributed by atoms with Crippen molar-refractivity contribution in [2.75, 3.05) is 21.6 Å². The largest absolute Gasteiger partial charge is 0.491 e. The Bertz CT molecular complexity index is 1020. The summed E-state index contributed by atoms with van der Waals surface area (Å²) >= 11 is 2.70. The van der Waals surface area contributed by atoms with Crippen molar-refractivity contribution in [3.8, 4) is 5.75 Å². The van der Waals surface area contributed by atoms with Gasteiger partial charge in [0.1, 0.15) is 5.75 Å². The summed E-state index contributed by atoms with van der Waals surface area (Å²) in [7, 11) is 0. The Hall–Kier alpha value is -2.97. The molecule has 0 saturated carbocycles. The number of benzene rings is 2. The van der Waals surface area contributed by atoms with E-state index < -0.39 is 0 Å². The average molecular weight is 442 g/mol. The minimum Gasteiger partial charge on any atom is -0.491 e. The van der Waals surface area contributed by atoms with Crippen molar-refractivity contribution in [1.82, 2.24) is 0 Å². The molecule has 0 atom stereocenters. The average Bonchev–Trinajstić information content (AvgIpc) is 3.20. The van der Waals surface area contributed by atoms with Crippen molar-refractivity contribution in [1.29, 1.82) is 0 Å². The monoisotopic (exact) mass is 441 g/mol. The van der Waals surface area contributed by atoms with Crippen LogP contribution in [-0.2, 0) is 0 Å². The fraction of sp³-hybridized carbons (Fsp3) is 0.182. The van der Waals surface area contributed by atoms with E-state index >= 15 is 0 Å². The molecule has 2 aromatic carbocycles. The van der Waals surface area contributed by atoms with Gasteiger partial charge in [-0.05, 0) is 62.4 Å². The Labute approximate surface area is 184 Å². The molecule has 30 heavy (non-hydrogen) atoms. The summed E-state index contributed by atoms with van der Waals surface area (Å²) in [5.41, 5.74) is 2.68. The van der Waals surface area contributed by atoms with Crippen molar-refractivity contribution in [3.05, 3.63) is 70.4 Å². The molecule has 0 radical (unpaired) electrons. The number of amides is 2. The first-order valence-electron chi connectivity index (χ1n) is 9.31. The number of thiophene rings is 1. The van der Waals surface area contributed by atoms with E-state index in [1.54, 1.807) is 23.6 Å². The maximum absolute atomic E-state index is 12.5. The molecule has 0 spiro atoms. The summed E-state index contributed by atoms with van der Waals surface area (Å²) in [6.45, 7) is 3.91. The molecule has 1 heterocycles. The highest BCUT2D eigenvalue weighted by Crippen LogP contribution is 2.22. The van der Waals surface area contributed by atoms with Crippen molar-refractivity contribution >= 4 is 52.2 Å². The lowest BCUT2D eigenvalue weighted by Gasteiger charge is -2.10. The fourth-order valence-corrected chi connectivity index (χ4v) is 3.78. The van der Waals surface area contributed by atoms with Gasteiger partial charge in [-0.2, -0.15) is 0 Å². The molecule has 3 N–H and O–H groups in total. The first-order chi connectivity index (χ1) is 14.4. The molecule has 2 amide bonds. The number of hydrogen-bond donors (Lipinski definition) is 3. The molecule has 3 aromatic rings. The lowest BCUT2D eigenvalue weighted by atomic mass is 10.2. The molecule has 3 rings (SSSR count). The fourth-order valence-electron chi connectivity index (χ4n) is 2.64. The summed E-state index contributed by atoms with van der Waals surface area (Å²) in [4.78, 5) is 25.5. The first-order valence-corrected chi connectivity index (χ1v) is 11.4. The molecule has 8 heteroatoms. The van der Waals surface area contributed by atoms with Gasteiger partial charge >= 0.3 is 0 Å². The molecule has 156 valence electrons. The number of ether oxygens (including phenoxy) is 1. The van der Waals surface area contributed by atoms with Crippen LogP contribution in [0.3, 0.4) is 0 Å². The van der Waals surface area contributed by atoms with Crippen molar-refractivity contribution < 1.29 is 14.3 Å². The maximum Gasteiger partial charge on any atom is 0.265 e. The standard InChI is InChI=1S/C22H23N3O3S2/c1-14(2)28-19-9-7-16(8-10-19)23-21(26)15-11-20(30-13-15)22(27)24-17-5-4-6-18(12-17)25-29-3/h4-14,25H,1-3H3,(H,23,26)(H,24,27). The second-order valence-corrected chi connectivity index (χ2v) is 8.21. The van der Waals surface area contributed by atoms with E-state index in [-0.39, 0.29) is 17.9 Å². The Balaban J connectivity index is 1.61. The van der Waals surface area contributed by atoms with Gasteiger partial charge in [-0.3, -0.25) is 9.59 Å². The van der Waals surface area contributed by atoms with Crippen LogP contribution in [0, 0.1) is 0 Å². The maximum atomic E-state index is 12.5. The Morgan fingerprint density at radius 3 is 2.33 bits per heavy atom. The molecule has 0 fully saturated rings. The van der Waals surface area contributed by atoms with E-state index in [0.717, 1.165) is 11.4 Å². The smallest absolute Gasteiger partial charge is 0.265 e. The molecule has 0 aliphatic heterocycles. The third-order valence-corrected chi connectivity index (χ3v) is 5.28. The predicted molar refractivity (Wildman–Crippen MR) is 126 cm³/mol. The third-order valence-electron chi connectivity index (χ3n) is 3.91. The zero-order valence-corrected chi connectivity index (χ0v) is 18.5. The number of rotatable bonds is 8. The third kappa shape index (κ3) is 6.01. The van der Waals surface area contributed by atoms with Crippen LogP contribution in [0.2, 0.25) is 0 Å². The van der Waals surface area contributed by atoms with E-state index in [9.17, 15) is 9.59 Å². The van der Waals surface area contributed by atoms with Crippen LogP contribution in [-0.4, -0.2) is 24.2 Å². The zero-order valence-electron chi connectivity index (χ0n) is 16.9. The van der Waals surface area contributed by atoms with Crippen molar-refractivity contribution in [3.63, 3.8) is 0 Å². The second-order valence-electron chi connectivity index (χ2n) is 6.69. The quantitative estimate of drug-likeness (QED) is 0.389. The van der Waals surface area contributed by atoms with Crippen molar-refractivity contribution in [2.45, 2.75) is 20.0 Å². The molecule has 0 unspecified atom stereocenters. The van der Waals surface area contributed by atoms with Gasteiger partial charge < -0.3 is 20.1 Å². The summed E-state index contributed by atoms with van der Waals surface area (Å²) in [6, 6.07) is 16.2. The van der Waals surface area contributed by atoms with E-state index in [0.29, 0.717) is 21.8 Å². The van der Waals surface area contributed by atoms with Gasteiger partial charge in [0.05, 0.1) is 16.5 Å². The van der Waals surface area contributed by atoms with Crippen molar-refractivity contribution in [2.24, 2.45) is 0 Å². The van der Waals surface area contributed by atoms with Gasteiger partial charge in [0.25, 0.3) is 11.8 Å². The minimum atomic E-state index is -0.269. The zero-order chi connectivity index (χ0) is 21.5. The van der Waals surface area contributed by atoms with E-state index in [2.05, 4.69) is 15.4 Å². The molecule has 1 aromatic heterocycles. The highest BCUT2D eigenvalue weighted by atomic mass is 32.2. The highest BCUT2D eigenvalue weighted by Gasteiger charge is 2.14. The van der Waals surface area contributed by atoms with E-state index in [4.69, 9.17) is 4.74 Å². The van der Waals surface area contributed by atoms with Crippen LogP contribution in [0.5, 0.6) is 5.75 Å². The van der Waals surface area contributed by atoms with Crippen LogP contribution < -0.4 is 20.1 Å². The van der Waals surface area contributed by atoms with Gasteiger partial charge in [-0.25, -0.2) is 0 Å². The molecule has 0 aliphatic carbocycles. The predicted octanol–water partition coefficient (Wildman–Crippen LogP) is 5.73. The molecular weight excluding hydrogens is 418 g/mol. The highest BCUT2D eigenvalue weighted by molar-refractivity contribution is 7.99. The number of anilines is 3. The Morgan fingerprint density at radius 2 is 1.63 bits per heavy atom. The summed E-state index contributed by atoms with van der Waals surface area (Å²) in [5.74, 6) is 0.221. The summed E-state index contributed by atoms with van der Waals surface area (Å²) < 4.78 is 8.72. The minimum absolute atomic E-state index is 0.0880. The Morgan fingerprint density at radius 1 is 0.933 bits per heavy atom. The molecule has 0 saturated heterocycles. The number of hydrogen-bond acceptors (Lipinski definition) is 6. The molecule has 0 aliphatic rings. The molecular formula is C22H23N3O3S2. The molecule has 6 nitrogen and oxygen atoms in total. The first kappa shape index (κ1) is 21.7. The van der Waals surface area contributed by atoms with E-state index in [1.165, 1.54) is 23.3 Å². The van der Waals surface area contributed by atoms with Gasteiger partial charge in [0, 0.05) is 28.7 Å². The summed E-state index contributed by atoms with van der Waals surface area (Å²) in [5, 5.41) is 7.36. The molecule has 0 bridgehead atoms. The van der Waals surface area contributed by atoms with Crippen LogP contribution in [0.1, 0.15) is 33.9 Å². The lowest BCUT2D eigenvalue weighted by Crippen LogP contribution is -2.12. The topological polar surface area (TPSA) is 79.5 Å². The normalized spacial score (nSPS) is 10.5. The van der Waals surface area contributed by atoms with E-state index in [1.807, 2.05) is 56.5 Å². The number of nitrogens with one attached hydrogen (secondary N) is 3. The second kappa shape index (κ2) is 10.2. The van der Waals surface area contributed by atoms with Crippen LogP contribution in [0.4, 0.5) is 17.1 Å². The lowest BCUT2D eigenvalue weighted by molar-refractivity contribution is 0.102. The van der Waals surface area contributed by atoms with Gasteiger partial charge in [0.2, 0.25) is 0 Å². The van der Waals surface area contributed by atoms with Gasteiger partial charge in [-0.1, -0.05) is 18.0 Å². The number of carbonyl (C=O) groups excluding carboxylic acids is 2. The Kier molecular flexibility index (Phi) is 7.37. The van der Waals surface area contributed by atoms with Gasteiger partial charge in [0.15, 0.2) is 0 Å². The SMILES string of the molecule is CSNc1cccc(NC(=O)c2cc(C(=O)Nc3ccc(OC(C)C)cc3)cs2)c1. The summed E-state index contributed by atoms with van der Waals surface area (Å²) in [6.07, 6.45) is 2.02.